The summed E-state index contributed by atoms with van der Waals surface area (Å²) in [5.41, 5.74) is 0.800. The fourth-order valence-corrected chi connectivity index (χ4v) is 2.78. The van der Waals surface area contributed by atoms with Crippen LogP contribution >= 0.6 is 15.9 Å². The Morgan fingerprint density at radius 2 is 1.65 bits per heavy atom. The molecule has 0 heterocycles. The molecule has 114 valence electrons. The normalized spacial score (nSPS) is 10.5. The van der Waals surface area contributed by atoms with Gasteiger partial charge >= 0.3 is 5.97 Å². The summed E-state index contributed by atoms with van der Waals surface area (Å²) >= 11 is 3.23. The van der Waals surface area contributed by atoms with Crippen LogP contribution in [0.4, 0.5) is 5.69 Å². The number of halogens is 1. The largest absolute Gasteiger partial charge is 0.478 e. The highest BCUT2D eigenvalue weighted by Gasteiger charge is 2.15. The van der Waals surface area contributed by atoms with Gasteiger partial charge in [0.15, 0.2) is 0 Å². The molecule has 0 aliphatic carbocycles. The van der Waals surface area contributed by atoms with Crippen LogP contribution in [0.1, 0.15) is 20.7 Å². The third-order valence-corrected chi connectivity index (χ3v) is 3.99. The van der Waals surface area contributed by atoms with Gasteiger partial charge in [0.1, 0.15) is 0 Å². The topological polar surface area (TPSA) is 66.4 Å². The van der Waals surface area contributed by atoms with Gasteiger partial charge in [0, 0.05) is 10.0 Å². The second kappa shape index (κ2) is 6.22. The minimum atomic E-state index is -1.10. The molecule has 2 N–H and O–H groups in total. The van der Waals surface area contributed by atoms with Crippen LogP contribution in [-0.2, 0) is 0 Å². The highest BCUT2D eigenvalue weighted by Crippen LogP contribution is 2.24. The van der Waals surface area contributed by atoms with Crippen molar-refractivity contribution in [2.45, 2.75) is 0 Å². The van der Waals surface area contributed by atoms with Crippen molar-refractivity contribution in [1.29, 1.82) is 0 Å². The lowest BCUT2D eigenvalue weighted by Gasteiger charge is -2.10. The van der Waals surface area contributed by atoms with Crippen molar-refractivity contribution in [1.82, 2.24) is 0 Å². The van der Waals surface area contributed by atoms with E-state index in [0.29, 0.717) is 10.0 Å². The highest BCUT2D eigenvalue weighted by atomic mass is 79.9. The summed E-state index contributed by atoms with van der Waals surface area (Å²) in [7, 11) is 0. The first-order chi connectivity index (χ1) is 11.1. The minimum absolute atomic E-state index is 0.0351. The van der Waals surface area contributed by atoms with Crippen LogP contribution in [-0.4, -0.2) is 17.0 Å². The number of carbonyl (C=O) groups is 2. The van der Waals surface area contributed by atoms with Gasteiger partial charge in [-0.1, -0.05) is 52.3 Å². The maximum Gasteiger partial charge on any atom is 0.337 e. The molecule has 3 aromatic carbocycles. The van der Waals surface area contributed by atoms with E-state index in [1.54, 1.807) is 24.3 Å². The van der Waals surface area contributed by atoms with Gasteiger partial charge in [-0.2, -0.15) is 0 Å². The molecular weight excluding hydrogens is 358 g/mol. The van der Waals surface area contributed by atoms with E-state index in [0.717, 1.165) is 10.8 Å². The van der Waals surface area contributed by atoms with Gasteiger partial charge in [-0.3, -0.25) is 4.79 Å². The Labute approximate surface area is 140 Å². The van der Waals surface area contributed by atoms with Crippen LogP contribution in [0.25, 0.3) is 10.8 Å². The van der Waals surface area contributed by atoms with Gasteiger partial charge < -0.3 is 10.4 Å². The van der Waals surface area contributed by atoms with Crippen molar-refractivity contribution in [3.63, 3.8) is 0 Å². The number of carboxylic acids is 1. The lowest BCUT2D eigenvalue weighted by Crippen LogP contribution is -2.15. The van der Waals surface area contributed by atoms with Crippen molar-refractivity contribution in [2.24, 2.45) is 0 Å². The number of carboxylic acid groups (broad SMARTS) is 1. The number of amides is 1. The lowest BCUT2D eigenvalue weighted by atomic mass is 10.0. The van der Waals surface area contributed by atoms with Gasteiger partial charge in [0.05, 0.1) is 11.3 Å². The Balaban J connectivity index is 2.00. The Kier molecular flexibility index (Phi) is 4.12. The monoisotopic (exact) mass is 369 g/mol. The van der Waals surface area contributed by atoms with E-state index in [1.165, 1.54) is 6.07 Å². The fourth-order valence-electron chi connectivity index (χ4n) is 2.42. The number of hydrogen-bond acceptors (Lipinski definition) is 2. The summed E-state index contributed by atoms with van der Waals surface area (Å²) in [5.74, 6) is -1.44. The zero-order valence-electron chi connectivity index (χ0n) is 11.9. The summed E-state index contributed by atoms with van der Waals surface area (Å²) in [4.78, 5) is 23.9. The average molecular weight is 370 g/mol. The molecule has 0 unspecified atom stereocenters. The Morgan fingerprint density at radius 3 is 2.43 bits per heavy atom. The van der Waals surface area contributed by atoms with Gasteiger partial charge in [-0.05, 0) is 35.0 Å². The molecule has 4 nitrogen and oxygen atoms in total. The van der Waals surface area contributed by atoms with E-state index >= 15 is 0 Å². The Morgan fingerprint density at radius 1 is 0.913 bits per heavy atom. The molecule has 0 saturated carbocycles. The molecule has 0 fully saturated rings. The van der Waals surface area contributed by atoms with Crippen LogP contribution in [0.5, 0.6) is 0 Å². The Hall–Kier alpha value is -2.66. The van der Waals surface area contributed by atoms with Crippen LogP contribution in [0.2, 0.25) is 0 Å². The summed E-state index contributed by atoms with van der Waals surface area (Å²) in [6.07, 6.45) is 0. The zero-order chi connectivity index (χ0) is 16.4. The molecule has 0 aromatic heterocycles. The van der Waals surface area contributed by atoms with Crippen LogP contribution < -0.4 is 5.32 Å². The maximum absolute atomic E-state index is 12.6. The number of benzene rings is 3. The zero-order valence-corrected chi connectivity index (χ0v) is 13.5. The van der Waals surface area contributed by atoms with Gasteiger partial charge in [0.25, 0.3) is 5.91 Å². The number of rotatable bonds is 3. The van der Waals surface area contributed by atoms with Crippen LogP contribution in [0.15, 0.2) is 65.1 Å². The highest BCUT2D eigenvalue weighted by molar-refractivity contribution is 9.10. The summed E-state index contributed by atoms with van der Waals surface area (Å²) in [6, 6.07) is 17.7. The summed E-state index contributed by atoms with van der Waals surface area (Å²) < 4.78 is 0.637. The molecule has 23 heavy (non-hydrogen) atoms. The van der Waals surface area contributed by atoms with E-state index < -0.39 is 5.97 Å². The molecular formula is C18H12BrNO3. The Bertz CT molecular complexity index is 916. The second-order valence-corrected chi connectivity index (χ2v) is 5.89. The summed E-state index contributed by atoms with van der Waals surface area (Å²) in [6.45, 7) is 0. The smallest absolute Gasteiger partial charge is 0.337 e. The van der Waals surface area contributed by atoms with E-state index in [9.17, 15) is 14.7 Å². The molecule has 0 radical (unpaired) electrons. The minimum Gasteiger partial charge on any atom is -0.478 e. The number of hydrogen-bond donors (Lipinski definition) is 2. The lowest BCUT2D eigenvalue weighted by molar-refractivity contribution is 0.0698. The third-order valence-electron chi connectivity index (χ3n) is 3.49. The van der Waals surface area contributed by atoms with Crippen molar-refractivity contribution in [3.8, 4) is 0 Å². The van der Waals surface area contributed by atoms with E-state index in [4.69, 9.17) is 0 Å². The third kappa shape index (κ3) is 3.10. The van der Waals surface area contributed by atoms with Crippen molar-refractivity contribution in [2.75, 3.05) is 5.32 Å². The van der Waals surface area contributed by atoms with Crippen molar-refractivity contribution in [3.05, 3.63) is 76.3 Å². The molecule has 3 aromatic rings. The second-order valence-electron chi connectivity index (χ2n) is 4.98. The molecule has 5 heteroatoms. The molecule has 0 aliphatic heterocycles. The summed E-state index contributed by atoms with van der Waals surface area (Å²) in [5, 5.41) is 13.7. The molecule has 0 aliphatic rings. The van der Waals surface area contributed by atoms with E-state index in [1.807, 2.05) is 30.3 Å². The average Bonchev–Trinajstić information content (AvgIpc) is 2.55. The van der Waals surface area contributed by atoms with Crippen LogP contribution in [0, 0.1) is 0 Å². The van der Waals surface area contributed by atoms with Gasteiger partial charge in [0.2, 0.25) is 0 Å². The van der Waals surface area contributed by atoms with Gasteiger partial charge in [-0.15, -0.1) is 0 Å². The first-order valence-electron chi connectivity index (χ1n) is 6.88. The van der Waals surface area contributed by atoms with E-state index in [2.05, 4.69) is 21.2 Å². The molecule has 0 bridgehead atoms. The van der Waals surface area contributed by atoms with Crippen molar-refractivity contribution >= 4 is 44.3 Å². The molecule has 3 rings (SSSR count). The molecule has 0 spiro atoms. The predicted molar refractivity (Wildman–Crippen MR) is 93.0 cm³/mol. The number of fused-ring (bicyclic) bond motifs is 1. The SMILES string of the molecule is O=C(O)c1cc(Br)ccc1NC(=O)c1cccc2ccccc12. The maximum atomic E-state index is 12.6. The standard InChI is InChI=1S/C18H12BrNO3/c19-12-8-9-16(15(10-12)18(22)23)20-17(21)14-7-3-5-11-4-1-2-6-13(11)14/h1-10H,(H,20,21)(H,22,23). The number of anilines is 1. The number of carbonyl (C=O) groups excluding carboxylic acids is 1. The number of aromatic carboxylic acids is 1. The molecule has 1 amide bonds. The van der Waals surface area contributed by atoms with Crippen molar-refractivity contribution < 1.29 is 14.7 Å². The fraction of sp³-hybridized carbons (Fsp3) is 0. The first kappa shape index (κ1) is 15.2. The molecule has 0 saturated heterocycles. The first-order valence-corrected chi connectivity index (χ1v) is 7.67. The molecule has 0 atom stereocenters. The predicted octanol–water partition coefficient (Wildman–Crippen LogP) is 4.55. The number of nitrogens with one attached hydrogen (secondary N) is 1. The van der Waals surface area contributed by atoms with Gasteiger partial charge in [-0.25, -0.2) is 4.79 Å². The van der Waals surface area contributed by atoms with Crippen LogP contribution in [0.3, 0.4) is 0 Å². The quantitative estimate of drug-likeness (QED) is 0.711. The van der Waals surface area contributed by atoms with E-state index in [-0.39, 0.29) is 17.2 Å².